The first kappa shape index (κ1) is 11.5. The van der Waals surface area contributed by atoms with E-state index in [2.05, 4.69) is 15.9 Å². The molecule has 0 heterocycles. The molecule has 74 valence electrons. The molecule has 0 aliphatic heterocycles. The van der Waals surface area contributed by atoms with Crippen molar-refractivity contribution in [2.75, 3.05) is 0 Å². The number of nitriles is 1. The van der Waals surface area contributed by atoms with Gasteiger partial charge >= 0.3 is 0 Å². The number of rotatable bonds is 2. The molecule has 6 heteroatoms. The lowest BCUT2D eigenvalue weighted by Crippen LogP contribution is -1.98. The Morgan fingerprint density at radius 3 is 2.57 bits per heavy atom. The minimum Gasteiger partial charge on any atom is -0.207 e. The summed E-state index contributed by atoms with van der Waals surface area (Å²) in [6.07, 6.45) is 0. The highest BCUT2D eigenvalue weighted by molar-refractivity contribution is 9.08. The normalized spacial score (nSPS) is 10.9. The number of hydrogen-bond donors (Lipinski definition) is 0. The van der Waals surface area contributed by atoms with Crippen LogP contribution >= 0.6 is 26.6 Å². The Kier molecular flexibility index (Phi) is 3.53. The zero-order valence-electron chi connectivity index (χ0n) is 6.87. The fraction of sp³-hybridized carbons (Fsp3) is 0.125. The maximum Gasteiger partial charge on any atom is 0.262 e. The molecule has 0 saturated heterocycles. The van der Waals surface area contributed by atoms with Crippen LogP contribution in [-0.2, 0) is 14.4 Å². The summed E-state index contributed by atoms with van der Waals surface area (Å²) in [5.74, 6) is 0. The maximum absolute atomic E-state index is 11.1. The van der Waals surface area contributed by atoms with Crippen LogP contribution in [0, 0.1) is 11.3 Å². The quantitative estimate of drug-likeness (QED) is 0.621. The summed E-state index contributed by atoms with van der Waals surface area (Å²) in [6, 6.07) is 6.35. The molecule has 3 nitrogen and oxygen atoms in total. The van der Waals surface area contributed by atoms with Crippen molar-refractivity contribution < 1.29 is 8.42 Å². The third-order valence-corrected chi connectivity index (χ3v) is 3.60. The van der Waals surface area contributed by atoms with E-state index in [4.69, 9.17) is 15.9 Å². The van der Waals surface area contributed by atoms with Gasteiger partial charge < -0.3 is 0 Å². The molecule has 0 atom stereocenters. The van der Waals surface area contributed by atoms with E-state index in [1.165, 1.54) is 6.07 Å². The minimum absolute atomic E-state index is 0.0966. The maximum atomic E-state index is 11.1. The highest BCUT2D eigenvalue weighted by atomic mass is 79.9. The molecule has 1 aromatic rings. The van der Waals surface area contributed by atoms with Crippen molar-refractivity contribution in [2.24, 2.45) is 0 Å². The fourth-order valence-electron chi connectivity index (χ4n) is 1.02. The lowest BCUT2D eigenvalue weighted by Gasteiger charge is -2.03. The highest BCUT2D eigenvalue weighted by Gasteiger charge is 2.17. The van der Waals surface area contributed by atoms with Crippen molar-refractivity contribution in [3.63, 3.8) is 0 Å². The van der Waals surface area contributed by atoms with Crippen LogP contribution in [0.5, 0.6) is 0 Å². The highest BCUT2D eigenvalue weighted by Crippen LogP contribution is 2.23. The van der Waals surface area contributed by atoms with E-state index in [9.17, 15) is 8.42 Å². The van der Waals surface area contributed by atoms with E-state index in [-0.39, 0.29) is 10.5 Å². The fourth-order valence-corrected chi connectivity index (χ4v) is 2.53. The predicted octanol–water partition coefficient (Wildman–Crippen LogP) is 2.38. The second kappa shape index (κ2) is 4.30. The molecular formula is C8H5BrClNO2S. The summed E-state index contributed by atoms with van der Waals surface area (Å²) in [5, 5.41) is 9.21. The molecule has 0 spiro atoms. The summed E-state index contributed by atoms with van der Waals surface area (Å²) in [7, 11) is 1.33. The van der Waals surface area contributed by atoms with Crippen molar-refractivity contribution in [2.45, 2.75) is 10.2 Å². The first-order valence-corrected chi connectivity index (χ1v) is 6.96. The molecule has 0 unspecified atom stereocenters. The second-order valence-corrected chi connectivity index (χ2v) is 5.57. The molecule has 0 saturated carbocycles. The number of hydrogen-bond acceptors (Lipinski definition) is 3. The number of halogens is 2. The van der Waals surface area contributed by atoms with Crippen molar-refractivity contribution in [1.82, 2.24) is 0 Å². The van der Waals surface area contributed by atoms with Crippen LogP contribution < -0.4 is 0 Å². The summed E-state index contributed by atoms with van der Waals surface area (Å²) in [5.41, 5.74) is 0.702. The molecule has 0 aliphatic carbocycles. The zero-order valence-corrected chi connectivity index (χ0v) is 10.0. The molecule has 0 aliphatic rings. The van der Waals surface area contributed by atoms with Crippen molar-refractivity contribution in [3.8, 4) is 6.07 Å². The van der Waals surface area contributed by atoms with Gasteiger partial charge in [-0.15, -0.1) is 0 Å². The van der Waals surface area contributed by atoms with E-state index >= 15 is 0 Å². The molecule has 0 aromatic heterocycles. The van der Waals surface area contributed by atoms with Crippen molar-refractivity contribution in [1.29, 1.82) is 5.26 Å². The lowest BCUT2D eigenvalue weighted by molar-refractivity contribution is 0.609. The Hall–Kier alpha value is -0.570. The third kappa shape index (κ3) is 2.27. The van der Waals surface area contributed by atoms with E-state index in [0.717, 1.165) is 0 Å². The van der Waals surface area contributed by atoms with Crippen molar-refractivity contribution in [3.05, 3.63) is 29.3 Å². The summed E-state index contributed by atoms with van der Waals surface area (Å²) in [6.45, 7) is 0. The van der Waals surface area contributed by atoms with Crippen LogP contribution in [0.4, 0.5) is 0 Å². The minimum atomic E-state index is -3.85. The van der Waals surface area contributed by atoms with Crippen LogP contribution in [0.1, 0.15) is 11.1 Å². The van der Waals surface area contributed by atoms with Gasteiger partial charge in [0.15, 0.2) is 0 Å². The molecule has 1 rings (SSSR count). The van der Waals surface area contributed by atoms with Gasteiger partial charge in [-0.2, -0.15) is 5.26 Å². The van der Waals surface area contributed by atoms with Gasteiger partial charge in [0.1, 0.15) is 11.0 Å². The Morgan fingerprint density at radius 1 is 1.50 bits per heavy atom. The van der Waals surface area contributed by atoms with Gasteiger partial charge in [-0.3, -0.25) is 0 Å². The zero-order chi connectivity index (χ0) is 10.8. The molecule has 0 N–H and O–H groups in total. The topological polar surface area (TPSA) is 57.9 Å². The van der Waals surface area contributed by atoms with Crippen LogP contribution in [0.25, 0.3) is 0 Å². The van der Waals surface area contributed by atoms with Gasteiger partial charge in [0, 0.05) is 16.0 Å². The van der Waals surface area contributed by atoms with E-state index in [1.54, 1.807) is 12.1 Å². The summed E-state index contributed by atoms with van der Waals surface area (Å²) in [4.78, 5) is -0.140. The molecule has 14 heavy (non-hydrogen) atoms. The van der Waals surface area contributed by atoms with Crippen LogP contribution in [0.3, 0.4) is 0 Å². The second-order valence-electron chi connectivity index (χ2n) is 2.47. The molecule has 0 amide bonds. The smallest absolute Gasteiger partial charge is 0.207 e. The van der Waals surface area contributed by atoms with Crippen LogP contribution in [0.15, 0.2) is 23.1 Å². The van der Waals surface area contributed by atoms with Gasteiger partial charge in [-0.25, -0.2) is 8.42 Å². The van der Waals surface area contributed by atoms with Gasteiger partial charge in [-0.05, 0) is 11.6 Å². The molecule has 0 fully saturated rings. The predicted molar refractivity (Wildman–Crippen MR) is 56.8 cm³/mol. The SMILES string of the molecule is N#Cc1c(CBr)cccc1S(=O)(=O)Cl. The monoisotopic (exact) mass is 293 g/mol. The molecular weight excluding hydrogens is 290 g/mol. The van der Waals surface area contributed by atoms with Gasteiger partial charge in [0.05, 0.1) is 5.56 Å². The largest absolute Gasteiger partial charge is 0.262 e. The average molecular weight is 295 g/mol. The Bertz CT molecular complexity index is 493. The first-order chi connectivity index (χ1) is 6.50. The van der Waals surface area contributed by atoms with Gasteiger partial charge in [-0.1, -0.05) is 28.1 Å². The van der Waals surface area contributed by atoms with E-state index in [1.807, 2.05) is 6.07 Å². The summed E-state index contributed by atoms with van der Waals surface area (Å²) >= 11 is 3.16. The number of nitrogens with zero attached hydrogens (tertiary/aromatic N) is 1. The van der Waals surface area contributed by atoms with Crippen LogP contribution in [0.2, 0.25) is 0 Å². The molecule has 0 radical (unpaired) electrons. The molecule has 0 bridgehead atoms. The van der Waals surface area contributed by atoms with E-state index < -0.39 is 9.05 Å². The Balaban J connectivity index is 3.55. The average Bonchev–Trinajstić information content (AvgIpc) is 2.15. The Labute approximate surface area is 94.9 Å². The van der Waals surface area contributed by atoms with E-state index in [0.29, 0.717) is 10.9 Å². The van der Waals surface area contributed by atoms with Gasteiger partial charge in [0.25, 0.3) is 9.05 Å². The standard InChI is InChI=1S/C8H5BrClNO2S/c9-4-6-2-1-3-8(7(6)5-11)14(10,12)13/h1-3H,4H2. The number of benzene rings is 1. The van der Waals surface area contributed by atoms with Crippen LogP contribution in [-0.4, -0.2) is 8.42 Å². The summed E-state index contributed by atoms with van der Waals surface area (Å²) < 4.78 is 22.2. The van der Waals surface area contributed by atoms with Crippen molar-refractivity contribution >= 4 is 35.7 Å². The lowest BCUT2D eigenvalue weighted by atomic mass is 10.1. The number of alkyl halides is 1. The first-order valence-electron chi connectivity index (χ1n) is 3.53. The molecule has 1 aromatic carbocycles. The Morgan fingerprint density at radius 2 is 2.14 bits per heavy atom. The van der Waals surface area contributed by atoms with Gasteiger partial charge in [0.2, 0.25) is 0 Å². The third-order valence-electron chi connectivity index (χ3n) is 1.63.